The van der Waals surface area contributed by atoms with E-state index < -0.39 is 17.5 Å². The van der Waals surface area contributed by atoms with Crippen LogP contribution in [0.3, 0.4) is 0 Å². The number of nitro benzene ring substituents is 1. The number of nitrogens with zero attached hydrogens (tertiary/aromatic N) is 2. The van der Waals surface area contributed by atoms with E-state index in [1.807, 2.05) is 29.2 Å². The molecule has 1 aliphatic heterocycles. The Morgan fingerprint density at radius 1 is 1.17 bits per heavy atom. The smallest absolute Gasteiger partial charge is 0.340 e. The highest BCUT2D eigenvalue weighted by Gasteiger charge is 2.25. The molecule has 0 radical (unpaired) electrons. The standard InChI is InChI=1S/C22H21N3O5/c1-14-21(16-6-2-3-7-18(16)23-14)20(26)13-30-22(27)17-12-15(25(28)29)8-9-19(17)24-10-4-5-11-24/h2-3,6-9,12,23H,4-5,10-11,13H2,1H3. The number of nitro groups is 1. The number of para-hydroxylation sites is 1. The minimum Gasteiger partial charge on any atom is -0.454 e. The first-order valence-electron chi connectivity index (χ1n) is 9.76. The quantitative estimate of drug-likeness (QED) is 0.286. The molecule has 4 rings (SSSR count). The number of esters is 1. The van der Waals surface area contributed by atoms with Crippen LogP contribution in [-0.4, -0.2) is 41.4 Å². The zero-order valence-electron chi connectivity index (χ0n) is 16.5. The Kier molecular flexibility index (Phi) is 5.22. The maximum Gasteiger partial charge on any atom is 0.340 e. The third-order valence-electron chi connectivity index (χ3n) is 5.36. The first-order valence-corrected chi connectivity index (χ1v) is 9.76. The molecule has 0 amide bonds. The highest BCUT2D eigenvalue weighted by Crippen LogP contribution is 2.29. The molecule has 30 heavy (non-hydrogen) atoms. The summed E-state index contributed by atoms with van der Waals surface area (Å²) in [6.07, 6.45) is 1.98. The molecule has 1 aliphatic rings. The number of hydrogen-bond donors (Lipinski definition) is 1. The number of carbonyl (C=O) groups is 2. The molecule has 2 heterocycles. The highest BCUT2D eigenvalue weighted by atomic mass is 16.6. The van der Waals surface area contributed by atoms with Crippen molar-refractivity contribution in [1.29, 1.82) is 0 Å². The summed E-state index contributed by atoms with van der Waals surface area (Å²) in [5, 5.41) is 11.9. The van der Waals surface area contributed by atoms with Gasteiger partial charge in [-0.15, -0.1) is 0 Å². The maximum atomic E-state index is 12.8. The van der Waals surface area contributed by atoms with E-state index >= 15 is 0 Å². The van der Waals surface area contributed by atoms with Crippen LogP contribution in [0.1, 0.15) is 39.3 Å². The number of Topliss-reactive ketones (excluding diaryl/α,β-unsaturated/α-hetero) is 1. The van der Waals surface area contributed by atoms with Crippen LogP contribution in [-0.2, 0) is 4.74 Å². The van der Waals surface area contributed by atoms with Crippen molar-refractivity contribution >= 4 is 34.0 Å². The van der Waals surface area contributed by atoms with Crippen molar-refractivity contribution in [1.82, 2.24) is 4.98 Å². The van der Waals surface area contributed by atoms with Gasteiger partial charge in [0, 0.05) is 47.4 Å². The average Bonchev–Trinajstić information content (AvgIpc) is 3.38. The van der Waals surface area contributed by atoms with Gasteiger partial charge in [-0.3, -0.25) is 14.9 Å². The van der Waals surface area contributed by atoms with Crippen LogP contribution in [0, 0.1) is 17.0 Å². The predicted molar refractivity (Wildman–Crippen MR) is 112 cm³/mol. The summed E-state index contributed by atoms with van der Waals surface area (Å²) in [6, 6.07) is 11.6. The molecule has 8 heteroatoms. The number of aromatic amines is 1. The van der Waals surface area contributed by atoms with Gasteiger partial charge in [-0.05, 0) is 31.9 Å². The molecule has 0 spiro atoms. The number of aryl methyl sites for hydroxylation is 1. The summed E-state index contributed by atoms with van der Waals surface area (Å²) in [5.74, 6) is -1.07. The zero-order chi connectivity index (χ0) is 21.3. The lowest BCUT2D eigenvalue weighted by molar-refractivity contribution is -0.384. The molecule has 0 atom stereocenters. The normalized spacial score (nSPS) is 13.6. The van der Waals surface area contributed by atoms with E-state index in [0.29, 0.717) is 16.9 Å². The monoisotopic (exact) mass is 407 g/mol. The van der Waals surface area contributed by atoms with Gasteiger partial charge in [0.1, 0.15) is 0 Å². The van der Waals surface area contributed by atoms with E-state index in [0.717, 1.165) is 36.8 Å². The first-order chi connectivity index (χ1) is 14.5. The molecule has 3 aromatic rings. The number of ether oxygens (including phenoxy) is 1. The van der Waals surface area contributed by atoms with E-state index in [1.54, 1.807) is 13.0 Å². The summed E-state index contributed by atoms with van der Waals surface area (Å²) in [4.78, 5) is 41.3. The van der Waals surface area contributed by atoms with Crippen LogP contribution in [0.25, 0.3) is 10.9 Å². The summed E-state index contributed by atoms with van der Waals surface area (Å²) >= 11 is 0. The van der Waals surface area contributed by atoms with Crippen LogP contribution in [0.2, 0.25) is 0 Å². The minimum absolute atomic E-state index is 0.106. The van der Waals surface area contributed by atoms with Gasteiger partial charge in [0.05, 0.1) is 16.2 Å². The fourth-order valence-corrected chi connectivity index (χ4v) is 3.95. The molecule has 8 nitrogen and oxygen atoms in total. The number of fused-ring (bicyclic) bond motifs is 1. The average molecular weight is 407 g/mol. The van der Waals surface area contributed by atoms with E-state index in [9.17, 15) is 19.7 Å². The Balaban J connectivity index is 1.57. The van der Waals surface area contributed by atoms with Crippen molar-refractivity contribution in [2.75, 3.05) is 24.6 Å². The number of rotatable bonds is 6. The van der Waals surface area contributed by atoms with Gasteiger partial charge in [0.2, 0.25) is 5.78 Å². The lowest BCUT2D eigenvalue weighted by Gasteiger charge is -2.20. The molecular formula is C22H21N3O5. The molecule has 2 aromatic carbocycles. The fraction of sp³-hybridized carbons (Fsp3) is 0.273. The molecular weight excluding hydrogens is 386 g/mol. The van der Waals surface area contributed by atoms with E-state index in [4.69, 9.17) is 4.74 Å². The van der Waals surface area contributed by atoms with Crippen molar-refractivity contribution in [3.05, 3.63) is 69.4 Å². The molecule has 1 aromatic heterocycles. The van der Waals surface area contributed by atoms with Crippen LogP contribution in [0.15, 0.2) is 42.5 Å². The summed E-state index contributed by atoms with van der Waals surface area (Å²) < 4.78 is 5.30. The number of H-pyrrole nitrogens is 1. The Morgan fingerprint density at radius 3 is 2.63 bits per heavy atom. The van der Waals surface area contributed by atoms with Gasteiger partial charge in [-0.25, -0.2) is 4.79 Å². The van der Waals surface area contributed by atoms with Gasteiger partial charge >= 0.3 is 5.97 Å². The van der Waals surface area contributed by atoms with Crippen molar-refractivity contribution in [2.24, 2.45) is 0 Å². The number of hydrogen-bond acceptors (Lipinski definition) is 6. The van der Waals surface area contributed by atoms with Crippen molar-refractivity contribution in [2.45, 2.75) is 19.8 Å². The van der Waals surface area contributed by atoms with E-state index in [1.165, 1.54) is 12.1 Å². The first kappa shape index (κ1) is 19.6. The van der Waals surface area contributed by atoms with Gasteiger partial charge in [0.15, 0.2) is 6.61 Å². The predicted octanol–water partition coefficient (Wildman–Crippen LogP) is 4.02. The summed E-state index contributed by atoms with van der Waals surface area (Å²) in [7, 11) is 0. The maximum absolute atomic E-state index is 12.8. The number of anilines is 1. The van der Waals surface area contributed by atoms with E-state index in [-0.39, 0.29) is 17.0 Å². The zero-order valence-corrected chi connectivity index (χ0v) is 16.5. The topological polar surface area (TPSA) is 106 Å². The second-order valence-electron chi connectivity index (χ2n) is 7.32. The van der Waals surface area contributed by atoms with Crippen LogP contribution < -0.4 is 4.90 Å². The van der Waals surface area contributed by atoms with Crippen molar-refractivity contribution in [3.8, 4) is 0 Å². The molecule has 0 saturated carbocycles. The van der Waals surface area contributed by atoms with Crippen molar-refractivity contribution in [3.63, 3.8) is 0 Å². The van der Waals surface area contributed by atoms with Gasteiger partial charge < -0.3 is 14.6 Å². The number of carbonyl (C=O) groups excluding carboxylic acids is 2. The van der Waals surface area contributed by atoms with Gasteiger partial charge in [0.25, 0.3) is 5.69 Å². The second kappa shape index (κ2) is 7.98. The second-order valence-corrected chi connectivity index (χ2v) is 7.32. The molecule has 0 bridgehead atoms. The minimum atomic E-state index is -0.744. The number of benzene rings is 2. The molecule has 154 valence electrons. The number of aromatic nitrogens is 1. The Hall–Kier alpha value is -3.68. The van der Waals surface area contributed by atoms with Crippen molar-refractivity contribution < 1.29 is 19.2 Å². The highest BCUT2D eigenvalue weighted by molar-refractivity contribution is 6.10. The Morgan fingerprint density at radius 2 is 1.90 bits per heavy atom. The van der Waals surface area contributed by atoms with Gasteiger partial charge in [-0.1, -0.05) is 18.2 Å². The SMILES string of the molecule is Cc1[nH]c2ccccc2c1C(=O)COC(=O)c1cc([N+](=O)[O-])ccc1N1CCCC1. The lowest BCUT2D eigenvalue weighted by Crippen LogP contribution is -2.22. The summed E-state index contributed by atoms with van der Waals surface area (Å²) in [6.45, 7) is 2.89. The van der Waals surface area contributed by atoms with E-state index in [2.05, 4.69) is 4.98 Å². The lowest BCUT2D eigenvalue weighted by atomic mass is 10.1. The molecule has 1 fully saturated rings. The third kappa shape index (κ3) is 3.63. The number of non-ortho nitro benzene ring substituents is 1. The molecule has 0 aliphatic carbocycles. The Labute approximate surface area is 172 Å². The number of nitrogens with one attached hydrogen (secondary N) is 1. The third-order valence-corrected chi connectivity index (χ3v) is 5.36. The largest absolute Gasteiger partial charge is 0.454 e. The molecule has 1 N–H and O–H groups in total. The molecule has 1 saturated heterocycles. The van der Waals surface area contributed by atoms with Crippen LogP contribution in [0.4, 0.5) is 11.4 Å². The van der Waals surface area contributed by atoms with Crippen LogP contribution in [0.5, 0.6) is 0 Å². The molecule has 0 unspecified atom stereocenters. The van der Waals surface area contributed by atoms with Crippen LogP contribution >= 0.6 is 0 Å². The summed E-state index contributed by atoms with van der Waals surface area (Å²) in [5.41, 5.74) is 2.53. The number of ketones is 1. The Bertz CT molecular complexity index is 1140. The fourth-order valence-electron chi connectivity index (χ4n) is 3.95. The van der Waals surface area contributed by atoms with Gasteiger partial charge in [-0.2, -0.15) is 0 Å².